The number of fused-ring (bicyclic) bond motifs is 1. The van der Waals surface area contributed by atoms with Crippen LogP contribution in [0.15, 0.2) is 61.2 Å². The molecule has 1 amide bonds. The fourth-order valence-corrected chi connectivity index (χ4v) is 6.11. The Balaban J connectivity index is 1.51. The zero-order valence-electron chi connectivity index (χ0n) is 16.0. The van der Waals surface area contributed by atoms with Crippen molar-refractivity contribution in [2.24, 2.45) is 5.92 Å². The summed E-state index contributed by atoms with van der Waals surface area (Å²) in [5.41, 5.74) is 1.06. The van der Waals surface area contributed by atoms with Crippen molar-refractivity contribution < 1.29 is 22.7 Å². The van der Waals surface area contributed by atoms with Gasteiger partial charge in [-0.1, -0.05) is 12.7 Å². The van der Waals surface area contributed by atoms with E-state index in [2.05, 4.69) is 11.9 Å². The smallest absolute Gasteiger partial charge is 0.250 e. The second kappa shape index (κ2) is 7.11. The van der Waals surface area contributed by atoms with Crippen LogP contribution in [0.25, 0.3) is 0 Å². The summed E-state index contributed by atoms with van der Waals surface area (Å²) in [4.78, 5) is 12.9. The van der Waals surface area contributed by atoms with E-state index in [1.807, 2.05) is 0 Å². The highest BCUT2D eigenvalue weighted by atomic mass is 32.2. The van der Waals surface area contributed by atoms with Crippen LogP contribution in [0.4, 0.5) is 11.4 Å². The van der Waals surface area contributed by atoms with E-state index in [9.17, 15) is 13.2 Å². The fourth-order valence-electron chi connectivity index (χ4n) is 3.74. The quantitative estimate of drug-likeness (QED) is 0.705. The molecule has 2 atom stereocenters. The van der Waals surface area contributed by atoms with Crippen LogP contribution in [0.1, 0.15) is 6.42 Å². The summed E-state index contributed by atoms with van der Waals surface area (Å²) in [5, 5.41) is 2.75. The lowest BCUT2D eigenvalue weighted by Gasteiger charge is -2.23. The first kappa shape index (κ1) is 19.3. The SMILES string of the molecule is C=CCOc1ccc(NC(=O)[C@@]23C[C@H]2CN(c2ccc(OC)cc2)S3(=O)=O)cc1. The van der Waals surface area contributed by atoms with Gasteiger partial charge in [0.15, 0.2) is 4.75 Å². The number of nitrogens with one attached hydrogen (secondary N) is 1. The lowest BCUT2D eigenvalue weighted by Crippen LogP contribution is -2.42. The lowest BCUT2D eigenvalue weighted by molar-refractivity contribution is -0.116. The zero-order chi connectivity index (χ0) is 20.6. The van der Waals surface area contributed by atoms with Crippen molar-refractivity contribution in [1.29, 1.82) is 0 Å². The number of rotatable bonds is 7. The molecule has 0 radical (unpaired) electrons. The molecule has 1 saturated carbocycles. The number of anilines is 2. The average Bonchev–Trinajstić information content (AvgIpc) is 3.43. The summed E-state index contributed by atoms with van der Waals surface area (Å²) < 4.78 is 36.9. The Morgan fingerprint density at radius 1 is 1.21 bits per heavy atom. The highest BCUT2D eigenvalue weighted by molar-refractivity contribution is 7.95. The number of hydrogen-bond donors (Lipinski definition) is 1. The molecule has 2 aromatic rings. The molecule has 7 nitrogen and oxygen atoms in total. The van der Waals surface area contributed by atoms with E-state index < -0.39 is 20.7 Å². The van der Waals surface area contributed by atoms with Gasteiger partial charge in [0, 0.05) is 18.2 Å². The van der Waals surface area contributed by atoms with Gasteiger partial charge in [0.2, 0.25) is 15.9 Å². The molecule has 1 aliphatic heterocycles. The molecule has 0 bridgehead atoms. The molecule has 29 heavy (non-hydrogen) atoms. The number of amides is 1. The predicted molar refractivity (Wildman–Crippen MR) is 111 cm³/mol. The number of sulfonamides is 1. The van der Waals surface area contributed by atoms with E-state index in [4.69, 9.17) is 9.47 Å². The standard InChI is InChI=1S/C21H22N2O5S/c1-3-12-28-19-8-4-16(5-9-19)22-20(24)21-13-15(21)14-23(29(21,25)26)17-6-10-18(27-2)11-7-17/h3-11,15H,1,12-14H2,2H3,(H,22,24)/t15-,21+/m0/s1. The van der Waals surface area contributed by atoms with Crippen molar-refractivity contribution in [3.63, 3.8) is 0 Å². The predicted octanol–water partition coefficient (Wildman–Crippen LogP) is 2.81. The monoisotopic (exact) mass is 414 g/mol. The van der Waals surface area contributed by atoms with Crippen molar-refractivity contribution in [3.05, 3.63) is 61.2 Å². The summed E-state index contributed by atoms with van der Waals surface area (Å²) in [6.07, 6.45) is 1.98. The van der Waals surface area contributed by atoms with Gasteiger partial charge in [-0.2, -0.15) is 0 Å². The molecular formula is C21H22N2O5S. The second-order valence-electron chi connectivity index (χ2n) is 7.10. The topological polar surface area (TPSA) is 84.9 Å². The van der Waals surface area contributed by atoms with E-state index in [0.717, 1.165) is 0 Å². The van der Waals surface area contributed by atoms with E-state index in [0.29, 0.717) is 42.4 Å². The summed E-state index contributed by atoms with van der Waals surface area (Å²) in [5.74, 6) is 0.580. The van der Waals surface area contributed by atoms with Crippen LogP contribution in [0.2, 0.25) is 0 Å². The minimum Gasteiger partial charge on any atom is -0.497 e. The first-order chi connectivity index (χ1) is 13.9. The fraction of sp³-hybridized carbons (Fsp3) is 0.286. The first-order valence-corrected chi connectivity index (χ1v) is 10.7. The molecule has 8 heteroatoms. The Labute approximate surface area is 170 Å². The third kappa shape index (κ3) is 3.13. The summed E-state index contributed by atoms with van der Waals surface area (Å²) in [7, 11) is -2.27. The van der Waals surface area contributed by atoms with Gasteiger partial charge in [-0.15, -0.1) is 0 Å². The summed E-state index contributed by atoms with van der Waals surface area (Å²) in [6.45, 7) is 4.28. The highest BCUT2D eigenvalue weighted by Gasteiger charge is 2.75. The Bertz CT molecular complexity index is 1030. The molecule has 0 aromatic heterocycles. The van der Waals surface area contributed by atoms with Crippen molar-refractivity contribution in [2.45, 2.75) is 11.2 Å². The lowest BCUT2D eigenvalue weighted by atomic mass is 10.2. The number of carbonyl (C=O) groups excluding carboxylic acids is 1. The molecule has 0 spiro atoms. The van der Waals surface area contributed by atoms with Gasteiger partial charge < -0.3 is 14.8 Å². The first-order valence-electron chi connectivity index (χ1n) is 9.24. The van der Waals surface area contributed by atoms with Crippen molar-refractivity contribution >= 4 is 27.3 Å². The van der Waals surface area contributed by atoms with Crippen molar-refractivity contribution in [3.8, 4) is 11.5 Å². The van der Waals surface area contributed by atoms with Crippen LogP contribution in [0.5, 0.6) is 11.5 Å². The molecule has 1 aliphatic carbocycles. The zero-order valence-corrected chi connectivity index (χ0v) is 16.8. The van der Waals surface area contributed by atoms with Gasteiger partial charge in [-0.3, -0.25) is 9.10 Å². The number of benzene rings is 2. The molecule has 2 aliphatic rings. The Kier molecular flexibility index (Phi) is 4.74. The highest BCUT2D eigenvalue weighted by Crippen LogP contribution is 2.58. The minimum atomic E-state index is -3.82. The second-order valence-corrected chi connectivity index (χ2v) is 9.22. The maximum absolute atomic E-state index is 13.2. The molecule has 4 rings (SSSR count). The molecule has 2 fully saturated rings. The molecule has 2 aromatic carbocycles. The number of methoxy groups -OCH3 is 1. The van der Waals surface area contributed by atoms with Crippen LogP contribution in [0, 0.1) is 5.92 Å². The van der Waals surface area contributed by atoms with Crippen LogP contribution < -0.4 is 19.1 Å². The van der Waals surface area contributed by atoms with Crippen molar-refractivity contribution in [2.75, 3.05) is 29.9 Å². The van der Waals surface area contributed by atoms with E-state index in [1.54, 1.807) is 61.7 Å². The Hall–Kier alpha value is -3.00. The van der Waals surface area contributed by atoms with Crippen LogP contribution in [-0.4, -0.2) is 39.3 Å². The van der Waals surface area contributed by atoms with Gasteiger partial charge >= 0.3 is 0 Å². The van der Waals surface area contributed by atoms with Crippen LogP contribution >= 0.6 is 0 Å². The van der Waals surface area contributed by atoms with Gasteiger partial charge in [0.1, 0.15) is 18.1 Å². The summed E-state index contributed by atoms with van der Waals surface area (Å²) in [6, 6.07) is 13.6. The van der Waals surface area contributed by atoms with E-state index in [1.165, 1.54) is 4.31 Å². The van der Waals surface area contributed by atoms with E-state index in [-0.39, 0.29) is 5.92 Å². The Morgan fingerprint density at radius 2 is 1.86 bits per heavy atom. The molecule has 1 saturated heterocycles. The number of ether oxygens (including phenoxy) is 2. The van der Waals surface area contributed by atoms with Gasteiger partial charge in [-0.25, -0.2) is 8.42 Å². The molecule has 152 valence electrons. The summed E-state index contributed by atoms with van der Waals surface area (Å²) >= 11 is 0. The maximum Gasteiger partial charge on any atom is 0.250 e. The van der Waals surface area contributed by atoms with Crippen LogP contribution in [-0.2, 0) is 14.8 Å². The largest absolute Gasteiger partial charge is 0.497 e. The van der Waals surface area contributed by atoms with Crippen LogP contribution in [0.3, 0.4) is 0 Å². The number of hydrogen-bond acceptors (Lipinski definition) is 5. The van der Waals surface area contributed by atoms with Gasteiger partial charge in [-0.05, 0) is 55.0 Å². The van der Waals surface area contributed by atoms with Crippen molar-refractivity contribution in [1.82, 2.24) is 0 Å². The Morgan fingerprint density at radius 3 is 2.48 bits per heavy atom. The van der Waals surface area contributed by atoms with E-state index >= 15 is 0 Å². The molecule has 1 heterocycles. The molecular weight excluding hydrogens is 392 g/mol. The maximum atomic E-state index is 13.2. The third-order valence-corrected chi connectivity index (χ3v) is 7.96. The third-order valence-electron chi connectivity index (χ3n) is 5.41. The minimum absolute atomic E-state index is 0.218. The number of nitrogens with zero attached hydrogens (tertiary/aromatic N) is 1. The molecule has 0 unspecified atom stereocenters. The average molecular weight is 414 g/mol. The molecule has 1 N–H and O–H groups in total. The van der Waals surface area contributed by atoms with Gasteiger partial charge in [0.25, 0.3) is 0 Å². The number of carbonyl (C=O) groups is 1. The van der Waals surface area contributed by atoms with Gasteiger partial charge in [0.05, 0.1) is 12.8 Å². The normalized spacial score (nSPS) is 23.8.